The van der Waals surface area contributed by atoms with E-state index in [1.165, 1.54) is 29.2 Å². The van der Waals surface area contributed by atoms with E-state index in [-0.39, 0.29) is 43.3 Å². The summed E-state index contributed by atoms with van der Waals surface area (Å²) in [6, 6.07) is 18.1. The summed E-state index contributed by atoms with van der Waals surface area (Å²) in [5.74, 6) is -2.63. The Bertz CT molecular complexity index is 1730. The van der Waals surface area contributed by atoms with Crippen molar-refractivity contribution in [3.63, 3.8) is 0 Å². The second-order valence-corrected chi connectivity index (χ2v) is 12.3. The monoisotopic (exact) mass is 661 g/mol. The van der Waals surface area contributed by atoms with Crippen molar-refractivity contribution in [2.24, 2.45) is 0 Å². The van der Waals surface area contributed by atoms with Gasteiger partial charge in [-0.3, -0.25) is 14.4 Å². The van der Waals surface area contributed by atoms with Gasteiger partial charge in [0.2, 0.25) is 5.91 Å². The van der Waals surface area contributed by atoms with Crippen LogP contribution in [-0.2, 0) is 22.4 Å². The highest BCUT2D eigenvalue weighted by molar-refractivity contribution is 6.11. The van der Waals surface area contributed by atoms with Crippen molar-refractivity contribution in [1.29, 1.82) is 0 Å². The van der Waals surface area contributed by atoms with Gasteiger partial charge in [0, 0.05) is 42.6 Å². The molecular formula is C37H41F2N3O6. The van der Waals surface area contributed by atoms with Crippen LogP contribution in [0.4, 0.5) is 14.5 Å². The van der Waals surface area contributed by atoms with Gasteiger partial charge in [0.15, 0.2) is 0 Å². The van der Waals surface area contributed by atoms with Gasteiger partial charge in [-0.25, -0.2) is 8.78 Å². The highest BCUT2D eigenvalue weighted by atomic mass is 19.1. The zero-order valence-corrected chi connectivity index (χ0v) is 27.4. The summed E-state index contributed by atoms with van der Waals surface area (Å²) in [5, 5.41) is 32.9. The molecule has 4 rings (SSSR count). The molecule has 3 aromatic carbocycles. The molecule has 2 atom stereocenters. The second kappa shape index (κ2) is 15.8. The molecule has 1 aromatic heterocycles. The number of aromatic nitrogens is 1. The average Bonchev–Trinajstić information content (AvgIpc) is 3.36. The SMILES string of the molecule is CC(C)n1c(CC[C@@H](O)C[C@@H](O)CC(=O)O)c(-c2ccc(F)cc2)c(-c2ccc(F)cc2)c1C(=O)Nc1ccc(CC(=O)N(C)C)cc1. The Balaban J connectivity index is 1.85. The van der Waals surface area contributed by atoms with Crippen LogP contribution in [0, 0.1) is 11.6 Å². The van der Waals surface area contributed by atoms with Crippen molar-refractivity contribution in [2.75, 3.05) is 19.4 Å². The topological polar surface area (TPSA) is 132 Å². The molecule has 0 spiro atoms. The number of carboxylic acids is 1. The molecule has 4 aromatic rings. The number of carboxylic acid groups (broad SMARTS) is 1. The maximum atomic E-state index is 14.3. The molecule has 9 nitrogen and oxygen atoms in total. The molecule has 0 unspecified atom stereocenters. The Morgan fingerprint density at radius 2 is 1.35 bits per heavy atom. The third-order valence-electron chi connectivity index (χ3n) is 8.04. The van der Waals surface area contributed by atoms with Gasteiger partial charge in [0.05, 0.1) is 25.0 Å². The van der Waals surface area contributed by atoms with E-state index in [4.69, 9.17) is 5.11 Å². The van der Waals surface area contributed by atoms with Crippen LogP contribution in [0.25, 0.3) is 22.3 Å². The second-order valence-electron chi connectivity index (χ2n) is 12.3. The lowest BCUT2D eigenvalue weighted by atomic mass is 9.92. The van der Waals surface area contributed by atoms with Crippen LogP contribution in [0.15, 0.2) is 72.8 Å². The molecule has 48 heavy (non-hydrogen) atoms. The van der Waals surface area contributed by atoms with Crippen LogP contribution in [0.5, 0.6) is 0 Å². The summed E-state index contributed by atoms with van der Waals surface area (Å²) in [6.07, 6.45) is -2.42. The number of likely N-dealkylation sites (N-methyl/N-ethyl adjacent to an activating group) is 1. The predicted molar refractivity (Wildman–Crippen MR) is 180 cm³/mol. The fraction of sp³-hybridized carbons (Fsp3) is 0.324. The molecule has 0 saturated heterocycles. The predicted octanol–water partition coefficient (Wildman–Crippen LogP) is 6.08. The van der Waals surface area contributed by atoms with Crippen molar-refractivity contribution in [3.8, 4) is 22.3 Å². The summed E-state index contributed by atoms with van der Waals surface area (Å²) in [5.41, 5.74) is 4.37. The third-order valence-corrected chi connectivity index (χ3v) is 8.04. The van der Waals surface area contributed by atoms with Crippen LogP contribution >= 0.6 is 0 Å². The zero-order chi connectivity index (χ0) is 35.1. The molecule has 0 aliphatic carbocycles. The van der Waals surface area contributed by atoms with E-state index < -0.39 is 42.1 Å². The molecule has 0 aliphatic rings. The van der Waals surface area contributed by atoms with Gasteiger partial charge < -0.3 is 30.1 Å². The Hall–Kier alpha value is -4.87. The molecule has 11 heteroatoms. The number of benzene rings is 3. The van der Waals surface area contributed by atoms with Crippen molar-refractivity contribution in [1.82, 2.24) is 9.47 Å². The van der Waals surface area contributed by atoms with Gasteiger partial charge in [0.1, 0.15) is 17.3 Å². The van der Waals surface area contributed by atoms with Crippen molar-refractivity contribution >= 4 is 23.5 Å². The number of nitrogens with zero attached hydrogens (tertiary/aromatic N) is 2. The van der Waals surface area contributed by atoms with Crippen LogP contribution in [0.3, 0.4) is 0 Å². The smallest absolute Gasteiger partial charge is 0.305 e. The van der Waals surface area contributed by atoms with Crippen molar-refractivity contribution in [2.45, 2.75) is 64.2 Å². The highest BCUT2D eigenvalue weighted by Gasteiger charge is 2.31. The molecule has 0 aliphatic heterocycles. The number of aliphatic hydroxyl groups is 2. The number of halogens is 2. The maximum Gasteiger partial charge on any atom is 0.305 e. The van der Waals surface area contributed by atoms with E-state index in [1.54, 1.807) is 62.6 Å². The first-order chi connectivity index (χ1) is 22.7. The fourth-order valence-electron chi connectivity index (χ4n) is 5.75. The van der Waals surface area contributed by atoms with Crippen molar-refractivity contribution < 1.29 is 38.5 Å². The summed E-state index contributed by atoms with van der Waals surface area (Å²) in [4.78, 5) is 39.0. The number of aliphatic carboxylic acids is 1. The largest absolute Gasteiger partial charge is 0.481 e. The van der Waals surface area contributed by atoms with E-state index in [0.29, 0.717) is 33.6 Å². The number of hydrogen-bond donors (Lipinski definition) is 4. The lowest BCUT2D eigenvalue weighted by Gasteiger charge is -2.20. The Labute approximate surface area is 278 Å². The van der Waals surface area contributed by atoms with Crippen LogP contribution in [0.1, 0.15) is 60.9 Å². The molecular weight excluding hydrogens is 620 g/mol. The lowest BCUT2D eigenvalue weighted by molar-refractivity contribution is -0.139. The molecule has 0 fully saturated rings. The highest BCUT2D eigenvalue weighted by Crippen LogP contribution is 2.43. The third kappa shape index (κ3) is 8.93. The normalized spacial score (nSPS) is 12.5. The van der Waals surface area contributed by atoms with E-state index in [9.17, 15) is 33.4 Å². The average molecular weight is 662 g/mol. The summed E-state index contributed by atoms with van der Waals surface area (Å²) < 4.78 is 30.1. The van der Waals surface area contributed by atoms with Crippen LogP contribution in [0.2, 0.25) is 0 Å². The van der Waals surface area contributed by atoms with E-state index in [2.05, 4.69) is 5.32 Å². The molecule has 2 amide bonds. The van der Waals surface area contributed by atoms with Crippen LogP contribution in [-0.4, -0.2) is 68.9 Å². The zero-order valence-electron chi connectivity index (χ0n) is 27.4. The number of aliphatic hydroxyl groups excluding tert-OH is 2. The Morgan fingerprint density at radius 3 is 1.85 bits per heavy atom. The van der Waals surface area contributed by atoms with E-state index in [1.807, 2.05) is 18.4 Å². The number of carbonyl (C=O) groups is 3. The Kier molecular flexibility index (Phi) is 11.9. The van der Waals surface area contributed by atoms with Crippen LogP contribution < -0.4 is 5.32 Å². The minimum absolute atomic E-state index is 0.0622. The molecule has 1 heterocycles. The number of anilines is 1. The minimum Gasteiger partial charge on any atom is -0.481 e. The van der Waals surface area contributed by atoms with Gasteiger partial charge in [-0.2, -0.15) is 0 Å². The van der Waals surface area contributed by atoms with E-state index in [0.717, 1.165) is 5.56 Å². The molecule has 0 bridgehead atoms. The van der Waals surface area contributed by atoms with Gasteiger partial charge in [-0.15, -0.1) is 0 Å². The fourth-order valence-corrected chi connectivity index (χ4v) is 5.75. The lowest BCUT2D eigenvalue weighted by Crippen LogP contribution is -2.23. The summed E-state index contributed by atoms with van der Waals surface area (Å²) in [6.45, 7) is 3.79. The van der Waals surface area contributed by atoms with Gasteiger partial charge in [-0.1, -0.05) is 36.4 Å². The first-order valence-electron chi connectivity index (χ1n) is 15.7. The number of hydrogen-bond acceptors (Lipinski definition) is 5. The summed E-state index contributed by atoms with van der Waals surface area (Å²) >= 11 is 0. The van der Waals surface area contributed by atoms with Gasteiger partial charge in [-0.05, 0) is 86.2 Å². The number of amides is 2. The number of rotatable bonds is 14. The van der Waals surface area contributed by atoms with Crippen molar-refractivity contribution in [3.05, 3.63) is 101 Å². The first-order valence-corrected chi connectivity index (χ1v) is 15.7. The maximum absolute atomic E-state index is 14.3. The Morgan fingerprint density at radius 1 is 0.812 bits per heavy atom. The molecule has 0 radical (unpaired) electrons. The molecule has 0 saturated carbocycles. The standard InChI is InChI=1S/C37H41F2N3O6/c1-22(2)42-31(18-17-29(43)20-30(44)21-33(46)47)34(24-7-11-26(38)12-8-24)35(25-9-13-27(39)14-10-25)36(42)37(48)40-28-15-5-23(6-16-28)19-32(45)41(3)4/h5-16,22,29-30,43-44H,17-21H2,1-4H3,(H,40,48)(H,46,47)/t29-,30-/m1/s1. The first kappa shape index (κ1) is 36.0. The summed E-state index contributed by atoms with van der Waals surface area (Å²) in [7, 11) is 3.36. The van der Waals surface area contributed by atoms with E-state index >= 15 is 0 Å². The van der Waals surface area contributed by atoms with Gasteiger partial charge in [0.25, 0.3) is 5.91 Å². The molecule has 254 valence electrons. The molecule has 4 N–H and O–H groups in total. The van der Waals surface area contributed by atoms with Gasteiger partial charge >= 0.3 is 5.97 Å². The number of nitrogens with one attached hydrogen (secondary N) is 1. The minimum atomic E-state index is -1.24. The quantitative estimate of drug-likeness (QED) is 0.130. The number of carbonyl (C=O) groups excluding carboxylic acids is 2.